The summed E-state index contributed by atoms with van der Waals surface area (Å²) in [6, 6.07) is 10.2. The number of thioether (sulfide) groups is 1. The SMILES string of the molecule is O=C(CCCCCN1C(=O)/C(=C/c2ccc(Cl)cc2)SC1=S)NNc1ccc([N+](=O)[O-])cc1[N+](=O)[O-]. The molecule has 2 amide bonds. The zero-order valence-corrected chi connectivity index (χ0v) is 21.0. The van der Waals surface area contributed by atoms with Gasteiger partial charge in [-0.1, -0.05) is 54.1 Å². The monoisotopic (exact) mass is 549 g/mol. The fraction of sp³-hybridized carbons (Fsp3) is 0.227. The van der Waals surface area contributed by atoms with E-state index in [0.717, 1.165) is 23.8 Å². The van der Waals surface area contributed by atoms with Crippen molar-refractivity contribution in [3.05, 3.63) is 78.2 Å². The molecule has 3 rings (SSSR count). The first-order chi connectivity index (χ1) is 17.2. The molecule has 0 saturated carbocycles. The van der Waals surface area contributed by atoms with E-state index >= 15 is 0 Å². The van der Waals surface area contributed by atoms with E-state index in [2.05, 4.69) is 10.9 Å². The van der Waals surface area contributed by atoms with Gasteiger partial charge in [0.2, 0.25) is 5.91 Å². The topological polar surface area (TPSA) is 148 Å². The van der Waals surface area contributed by atoms with Gasteiger partial charge in [-0.05, 0) is 42.7 Å². The highest BCUT2D eigenvalue weighted by Crippen LogP contribution is 2.33. The average Bonchev–Trinajstić information content (AvgIpc) is 3.10. The summed E-state index contributed by atoms with van der Waals surface area (Å²) in [6.07, 6.45) is 3.71. The van der Waals surface area contributed by atoms with Gasteiger partial charge in [0, 0.05) is 24.1 Å². The Morgan fingerprint density at radius 2 is 1.81 bits per heavy atom. The predicted molar refractivity (Wildman–Crippen MR) is 141 cm³/mol. The summed E-state index contributed by atoms with van der Waals surface area (Å²) in [7, 11) is 0. The highest BCUT2D eigenvalue weighted by atomic mass is 35.5. The number of nitrogens with zero attached hydrogens (tertiary/aromatic N) is 3. The number of thiocarbonyl (C=S) groups is 1. The number of amides is 2. The normalized spacial score (nSPS) is 14.2. The summed E-state index contributed by atoms with van der Waals surface area (Å²) < 4.78 is 0.479. The van der Waals surface area contributed by atoms with Crippen molar-refractivity contribution in [3.63, 3.8) is 0 Å². The maximum atomic E-state index is 12.7. The minimum atomic E-state index is -0.778. The van der Waals surface area contributed by atoms with Crippen molar-refractivity contribution < 1.29 is 19.4 Å². The summed E-state index contributed by atoms with van der Waals surface area (Å²) in [6.45, 7) is 0.428. The fourth-order valence-corrected chi connectivity index (χ4v) is 4.66. The lowest BCUT2D eigenvalue weighted by molar-refractivity contribution is -0.393. The largest absolute Gasteiger partial charge is 0.300 e. The lowest BCUT2D eigenvalue weighted by Crippen LogP contribution is -2.30. The molecule has 1 aliphatic rings. The second-order valence-electron chi connectivity index (χ2n) is 7.58. The quantitative estimate of drug-likeness (QED) is 0.129. The molecule has 2 N–H and O–H groups in total. The Kier molecular flexibility index (Phi) is 9.33. The average molecular weight is 550 g/mol. The maximum Gasteiger partial charge on any atom is 0.300 e. The first-order valence-electron chi connectivity index (χ1n) is 10.6. The molecule has 2 aromatic rings. The van der Waals surface area contributed by atoms with Gasteiger partial charge in [-0.3, -0.25) is 45.6 Å². The zero-order chi connectivity index (χ0) is 26.2. The number of carbonyl (C=O) groups excluding carboxylic acids is 2. The molecule has 0 unspecified atom stereocenters. The molecule has 188 valence electrons. The lowest BCUT2D eigenvalue weighted by atomic mass is 10.2. The summed E-state index contributed by atoms with van der Waals surface area (Å²) in [4.78, 5) is 47.3. The van der Waals surface area contributed by atoms with Crippen molar-refractivity contribution >= 4 is 74.9 Å². The van der Waals surface area contributed by atoms with Crippen molar-refractivity contribution in [1.29, 1.82) is 0 Å². The maximum absolute atomic E-state index is 12.7. The van der Waals surface area contributed by atoms with Crippen LogP contribution < -0.4 is 10.9 Å². The first-order valence-corrected chi connectivity index (χ1v) is 12.2. The Labute approximate surface area is 220 Å². The zero-order valence-electron chi connectivity index (χ0n) is 18.6. The Hall–Kier alpha value is -3.55. The Morgan fingerprint density at radius 1 is 1.08 bits per heavy atom. The van der Waals surface area contributed by atoms with Crippen LogP contribution in [0, 0.1) is 20.2 Å². The van der Waals surface area contributed by atoms with Crippen LogP contribution in [0.2, 0.25) is 5.02 Å². The van der Waals surface area contributed by atoms with Crippen molar-refractivity contribution in [2.45, 2.75) is 25.7 Å². The standard InChI is InChI=1S/C22H20ClN5O6S2/c23-15-7-5-14(6-8-15)12-19-21(30)26(22(35)36-19)11-3-1-2-4-20(29)25-24-17-10-9-16(27(31)32)13-18(17)28(33)34/h5-10,12-13,24H,1-4,11H2,(H,25,29)/b19-12-. The van der Waals surface area contributed by atoms with E-state index in [1.165, 1.54) is 16.7 Å². The molecular formula is C22H20ClN5O6S2. The smallest absolute Gasteiger partial charge is 0.293 e. The molecule has 11 nitrogen and oxygen atoms in total. The molecule has 14 heteroatoms. The van der Waals surface area contributed by atoms with Gasteiger partial charge >= 0.3 is 5.69 Å². The van der Waals surface area contributed by atoms with Crippen LogP contribution in [0.5, 0.6) is 0 Å². The van der Waals surface area contributed by atoms with E-state index in [-0.39, 0.29) is 18.0 Å². The number of nitro benzene ring substituents is 2. The molecule has 2 aromatic carbocycles. The summed E-state index contributed by atoms with van der Waals surface area (Å²) >= 11 is 12.5. The van der Waals surface area contributed by atoms with E-state index in [1.807, 2.05) is 12.1 Å². The third kappa shape index (κ3) is 7.23. The Balaban J connectivity index is 1.41. The van der Waals surface area contributed by atoms with Gasteiger partial charge in [0.25, 0.3) is 11.6 Å². The van der Waals surface area contributed by atoms with Gasteiger partial charge in [-0.15, -0.1) is 0 Å². The van der Waals surface area contributed by atoms with E-state index in [9.17, 15) is 29.8 Å². The molecule has 0 aliphatic carbocycles. The van der Waals surface area contributed by atoms with Gasteiger partial charge in [-0.25, -0.2) is 0 Å². The highest BCUT2D eigenvalue weighted by molar-refractivity contribution is 8.26. The molecule has 36 heavy (non-hydrogen) atoms. The number of carbonyl (C=O) groups is 2. The van der Waals surface area contributed by atoms with Crippen molar-refractivity contribution in [2.75, 3.05) is 12.0 Å². The first kappa shape index (κ1) is 27.0. The van der Waals surface area contributed by atoms with Gasteiger partial charge in [-0.2, -0.15) is 0 Å². The fourth-order valence-electron chi connectivity index (χ4n) is 3.23. The predicted octanol–water partition coefficient (Wildman–Crippen LogP) is 5.06. The van der Waals surface area contributed by atoms with E-state index in [1.54, 1.807) is 18.2 Å². The summed E-state index contributed by atoms with van der Waals surface area (Å²) in [5.41, 5.74) is 4.61. The van der Waals surface area contributed by atoms with Crippen molar-refractivity contribution in [1.82, 2.24) is 10.3 Å². The molecule has 0 atom stereocenters. The van der Waals surface area contributed by atoms with Crippen LogP contribution in [-0.2, 0) is 9.59 Å². The molecule has 0 radical (unpaired) electrons. The molecule has 0 spiro atoms. The van der Waals surface area contributed by atoms with Crippen LogP contribution in [0.1, 0.15) is 31.2 Å². The van der Waals surface area contributed by atoms with Gasteiger partial charge in [0.15, 0.2) is 0 Å². The van der Waals surface area contributed by atoms with Crippen LogP contribution in [0.4, 0.5) is 17.1 Å². The van der Waals surface area contributed by atoms with E-state index < -0.39 is 27.1 Å². The number of anilines is 1. The molecule has 0 bridgehead atoms. The number of nitrogens with one attached hydrogen (secondary N) is 2. The summed E-state index contributed by atoms with van der Waals surface area (Å²) in [5.74, 6) is -0.564. The number of hydrazine groups is 1. The number of nitro groups is 2. The highest BCUT2D eigenvalue weighted by Gasteiger charge is 2.31. The molecule has 1 fully saturated rings. The molecule has 1 aliphatic heterocycles. The third-order valence-electron chi connectivity index (χ3n) is 5.05. The minimum Gasteiger partial charge on any atom is -0.293 e. The third-order valence-corrected chi connectivity index (χ3v) is 6.68. The van der Waals surface area contributed by atoms with Crippen LogP contribution >= 0.6 is 35.6 Å². The van der Waals surface area contributed by atoms with Crippen molar-refractivity contribution in [3.8, 4) is 0 Å². The van der Waals surface area contributed by atoms with E-state index in [4.69, 9.17) is 23.8 Å². The van der Waals surface area contributed by atoms with E-state index in [0.29, 0.717) is 40.1 Å². The number of benzene rings is 2. The molecule has 1 saturated heterocycles. The number of non-ortho nitro benzene ring substituents is 1. The number of unbranched alkanes of at least 4 members (excludes halogenated alkanes) is 2. The number of halogens is 1. The van der Waals surface area contributed by atoms with Crippen LogP contribution in [0.25, 0.3) is 6.08 Å². The van der Waals surface area contributed by atoms with Crippen LogP contribution in [-0.4, -0.2) is 37.4 Å². The van der Waals surface area contributed by atoms with Gasteiger partial charge in [0.05, 0.1) is 20.8 Å². The number of hydrogen-bond acceptors (Lipinski definition) is 9. The second-order valence-corrected chi connectivity index (χ2v) is 9.70. The van der Waals surface area contributed by atoms with Gasteiger partial charge in [0.1, 0.15) is 10.0 Å². The van der Waals surface area contributed by atoms with Crippen molar-refractivity contribution in [2.24, 2.45) is 0 Å². The molecular weight excluding hydrogens is 530 g/mol. The Morgan fingerprint density at radius 3 is 2.47 bits per heavy atom. The second kappa shape index (κ2) is 12.4. The molecule has 0 aromatic heterocycles. The van der Waals surface area contributed by atoms with Crippen LogP contribution in [0.15, 0.2) is 47.4 Å². The number of hydrogen-bond donors (Lipinski definition) is 2. The number of rotatable bonds is 11. The summed E-state index contributed by atoms with van der Waals surface area (Å²) in [5, 5.41) is 22.6. The minimum absolute atomic E-state index is 0.0695. The van der Waals surface area contributed by atoms with Gasteiger partial charge < -0.3 is 0 Å². The molecule has 1 heterocycles. The Bertz CT molecular complexity index is 1240. The van der Waals surface area contributed by atoms with Crippen LogP contribution in [0.3, 0.4) is 0 Å². The lowest BCUT2D eigenvalue weighted by Gasteiger charge is -2.14.